The van der Waals surface area contributed by atoms with E-state index >= 15 is 0 Å². The monoisotopic (exact) mass is 423 g/mol. The molecule has 1 N–H and O–H groups in total. The molecule has 0 saturated heterocycles. The largest absolute Gasteiger partial charge is 0.467 e. The lowest BCUT2D eigenvalue weighted by Gasteiger charge is -2.17. The van der Waals surface area contributed by atoms with Gasteiger partial charge in [0.25, 0.3) is 10.0 Å². The zero-order valence-corrected chi connectivity index (χ0v) is 17.4. The summed E-state index contributed by atoms with van der Waals surface area (Å²) in [5.41, 5.74) is 2.29. The highest BCUT2D eigenvalue weighted by molar-refractivity contribution is 7.92. The number of para-hydroxylation sites is 1. The molecule has 1 aromatic heterocycles. The van der Waals surface area contributed by atoms with E-state index < -0.39 is 10.0 Å². The van der Waals surface area contributed by atoms with E-state index in [2.05, 4.69) is 9.82 Å². The maximum absolute atomic E-state index is 13.0. The summed E-state index contributed by atoms with van der Waals surface area (Å²) in [5.74, 6) is 0.409. The van der Waals surface area contributed by atoms with Crippen LogP contribution in [0.25, 0.3) is 0 Å². The minimum Gasteiger partial charge on any atom is -0.467 e. The third-order valence-corrected chi connectivity index (χ3v) is 6.50. The molecule has 1 atom stereocenters. The van der Waals surface area contributed by atoms with Crippen molar-refractivity contribution in [1.82, 2.24) is 5.01 Å². The van der Waals surface area contributed by atoms with Gasteiger partial charge >= 0.3 is 0 Å². The highest BCUT2D eigenvalue weighted by Gasteiger charge is 2.34. The Morgan fingerprint density at radius 3 is 2.53 bits per heavy atom. The first kappa shape index (κ1) is 19.9. The standard InChI is InChI=1S/C22H21N3O4S/c1-15-8-3-6-12-22(15)30(27,28)24-18-10-5-4-9-17(18)19-14-20(21-11-7-13-29-21)25(23-19)16(2)26/h3-13,20,24H,14H2,1-2H3. The summed E-state index contributed by atoms with van der Waals surface area (Å²) < 4.78 is 34.1. The number of aryl methyl sites for hydroxylation is 1. The first-order chi connectivity index (χ1) is 14.4. The van der Waals surface area contributed by atoms with E-state index in [1.165, 1.54) is 11.9 Å². The fourth-order valence-corrected chi connectivity index (χ4v) is 4.87. The van der Waals surface area contributed by atoms with Crippen LogP contribution >= 0.6 is 0 Å². The van der Waals surface area contributed by atoms with Gasteiger partial charge in [-0.3, -0.25) is 9.52 Å². The smallest absolute Gasteiger partial charge is 0.262 e. The lowest BCUT2D eigenvalue weighted by atomic mass is 10.0. The van der Waals surface area contributed by atoms with Crippen molar-refractivity contribution in [3.63, 3.8) is 0 Å². The van der Waals surface area contributed by atoms with E-state index in [4.69, 9.17) is 4.42 Å². The topological polar surface area (TPSA) is 92.0 Å². The van der Waals surface area contributed by atoms with Crippen molar-refractivity contribution in [2.24, 2.45) is 5.10 Å². The van der Waals surface area contributed by atoms with Crippen molar-refractivity contribution >= 4 is 27.3 Å². The number of nitrogens with zero attached hydrogens (tertiary/aromatic N) is 2. The van der Waals surface area contributed by atoms with Crippen molar-refractivity contribution in [2.45, 2.75) is 31.2 Å². The van der Waals surface area contributed by atoms with Crippen molar-refractivity contribution < 1.29 is 17.6 Å². The number of hydrogen-bond donors (Lipinski definition) is 1. The number of furan rings is 1. The first-order valence-corrected chi connectivity index (χ1v) is 10.9. The summed E-state index contributed by atoms with van der Waals surface area (Å²) in [7, 11) is -3.79. The Morgan fingerprint density at radius 1 is 1.10 bits per heavy atom. The SMILES string of the molecule is CC(=O)N1N=C(c2ccccc2NS(=O)(=O)c2ccccc2C)CC1c1ccco1. The van der Waals surface area contributed by atoms with Crippen LogP contribution < -0.4 is 4.72 Å². The Morgan fingerprint density at radius 2 is 1.83 bits per heavy atom. The van der Waals surface area contributed by atoms with Crippen LogP contribution in [0.1, 0.15) is 36.3 Å². The summed E-state index contributed by atoms with van der Waals surface area (Å²) in [6, 6.07) is 17.0. The van der Waals surface area contributed by atoms with Crippen LogP contribution in [-0.2, 0) is 14.8 Å². The Balaban J connectivity index is 1.70. The number of rotatable bonds is 5. The lowest BCUT2D eigenvalue weighted by Crippen LogP contribution is -2.23. The molecule has 1 aliphatic rings. The molecular weight excluding hydrogens is 402 g/mol. The van der Waals surface area contributed by atoms with Gasteiger partial charge in [0.15, 0.2) is 0 Å². The van der Waals surface area contributed by atoms with Crippen LogP contribution in [0.5, 0.6) is 0 Å². The molecule has 154 valence electrons. The number of sulfonamides is 1. The molecule has 1 unspecified atom stereocenters. The van der Waals surface area contributed by atoms with Gasteiger partial charge in [-0.1, -0.05) is 36.4 Å². The number of carbonyl (C=O) groups is 1. The summed E-state index contributed by atoms with van der Waals surface area (Å²) in [6.45, 7) is 3.19. The molecule has 4 rings (SSSR count). The third kappa shape index (κ3) is 3.73. The van der Waals surface area contributed by atoms with E-state index in [0.29, 0.717) is 34.7 Å². The minimum atomic E-state index is -3.79. The quantitative estimate of drug-likeness (QED) is 0.669. The fourth-order valence-electron chi connectivity index (χ4n) is 3.55. The van der Waals surface area contributed by atoms with Gasteiger partial charge in [-0.15, -0.1) is 0 Å². The molecule has 3 aromatic rings. The molecule has 0 spiro atoms. The van der Waals surface area contributed by atoms with Gasteiger partial charge < -0.3 is 4.42 Å². The van der Waals surface area contributed by atoms with Crippen LogP contribution in [0.15, 0.2) is 81.3 Å². The molecule has 2 aromatic carbocycles. The highest BCUT2D eigenvalue weighted by atomic mass is 32.2. The molecule has 8 heteroatoms. The molecular formula is C22H21N3O4S. The Hall–Kier alpha value is -3.39. The predicted molar refractivity (Wildman–Crippen MR) is 114 cm³/mol. The Kier molecular flexibility index (Phi) is 5.17. The number of hydrogen-bond acceptors (Lipinski definition) is 5. The average molecular weight is 423 g/mol. The van der Waals surface area contributed by atoms with E-state index in [1.54, 1.807) is 67.8 Å². The molecule has 1 amide bonds. The van der Waals surface area contributed by atoms with Crippen molar-refractivity contribution in [3.05, 3.63) is 83.8 Å². The van der Waals surface area contributed by atoms with Crippen LogP contribution in [0, 0.1) is 6.92 Å². The molecule has 0 fully saturated rings. The molecule has 0 bridgehead atoms. The molecule has 0 radical (unpaired) electrons. The molecule has 1 aliphatic heterocycles. The maximum atomic E-state index is 13.0. The lowest BCUT2D eigenvalue weighted by molar-refractivity contribution is -0.130. The normalized spacial score (nSPS) is 16.4. The van der Waals surface area contributed by atoms with Crippen LogP contribution in [0.4, 0.5) is 5.69 Å². The van der Waals surface area contributed by atoms with Gasteiger partial charge in [-0.05, 0) is 36.8 Å². The summed E-state index contributed by atoms with van der Waals surface area (Å²) in [4.78, 5) is 12.3. The van der Waals surface area contributed by atoms with E-state index in [9.17, 15) is 13.2 Å². The first-order valence-electron chi connectivity index (χ1n) is 9.45. The maximum Gasteiger partial charge on any atom is 0.262 e. The van der Waals surface area contributed by atoms with Gasteiger partial charge in [0.2, 0.25) is 5.91 Å². The van der Waals surface area contributed by atoms with E-state index in [-0.39, 0.29) is 16.8 Å². The second kappa shape index (κ2) is 7.79. The number of nitrogens with one attached hydrogen (secondary N) is 1. The van der Waals surface area contributed by atoms with Crippen molar-refractivity contribution in [2.75, 3.05) is 4.72 Å². The number of carbonyl (C=O) groups excluding carboxylic acids is 1. The fraction of sp³-hybridized carbons (Fsp3) is 0.182. The van der Waals surface area contributed by atoms with Gasteiger partial charge in [0.1, 0.15) is 11.8 Å². The summed E-state index contributed by atoms with van der Waals surface area (Å²) in [6.07, 6.45) is 1.96. The van der Waals surface area contributed by atoms with E-state index in [0.717, 1.165) is 0 Å². The Labute approximate surface area is 175 Å². The van der Waals surface area contributed by atoms with Crippen LogP contribution in [0.3, 0.4) is 0 Å². The molecule has 7 nitrogen and oxygen atoms in total. The molecule has 30 heavy (non-hydrogen) atoms. The zero-order valence-electron chi connectivity index (χ0n) is 16.6. The minimum absolute atomic E-state index is 0.215. The van der Waals surface area contributed by atoms with E-state index in [1.807, 2.05) is 6.07 Å². The summed E-state index contributed by atoms with van der Waals surface area (Å²) >= 11 is 0. The highest BCUT2D eigenvalue weighted by Crippen LogP contribution is 2.35. The van der Waals surface area contributed by atoms with Gasteiger partial charge in [-0.25, -0.2) is 13.4 Å². The van der Waals surface area contributed by atoms with Gasteiger partial charge in [-0.2, -0.15) is 5.10 Å². The van der Waals surface area contributed by atoms with Crippen LogP contribution in [0.2, 0.25) is 0 Å². The second-order valence-electron chi connectivity index (χ2n) is 7.06. The molecule has 0 saturated carbocycles. The number of benzene rings is 2. The van der Waals surface area contributed by atoms with Gasteiger partial charge in [0, 0.05) is 18.9 Å². The number of hydrazone groups is 1. The van der Waals surface area contributed by atoms with Crippen LogP contribution in [-0.4, -0.2) is 25.0 Å². The number of anilines is 1. The molecule has 0 aliphatic carbocycles. The third-order valence-electron chi connectivity index (χ3n) is 4.97. The molecule has 2 heterocycles. The number of amides is 1. The van der Waals surface area contributed by atoms with Crippen molar-refractivity contribution in [1.29, 1.82) is 0 Å². The van der Waals surface area contributed by atoms with Gasteiger partial charge in [0.05, 0.1) is 22.6 Å². The zero-order chi connectivity index (χ0) is 21.3. The average Bonchev–Trinajstić information content (AvgIpc) is 3.38. The summed E-state index contributed by atoms with van der Waals surface area (Å²) in [5, 5.41) is 5.86. The predicted octanol–water partition coefficient (Wildman–Crippen LogP) is 4.09. The Bertz CT molecular complexity index is 1220. The van der Waals surface area contributed by atoms with Crippen molar-refractivity contribution in [3.8, 4) is 0 Å². The second-order valence-corrected chi connectivity index (χ2v) is 8.71.